The molecule has 0 unspecified atom stereocenters. The zero-order chi connectivity index (χ0) is 15.0. The summed E-state index contributed by atoms with van der Waals surface area (Å²) in [7, 11) is 0. The van der Waals surface area contributed by atoms with E-state index in [9.17, 15) is 4.79 Å². The van der Waals surface area contributed by atoms with E-state index in [1.165, 1.54) is 12.8 Å². The van der Waals surface area contributed by atoms with E-state index in [2.05, 4.69) is 17.1 Å². The average molecular weight is 328 g/mol. The summed E-state index contributed by atoms with van der Waals surface area (Å²) in [6.45, 7) is 5.00. The molecule has 2 amide bonds. The van der Waals surface area contributed by atoms with E-state index >= 15 is 0 Å². The number of nitrogens with zero attached hydrogens (tertiary/aromatic N) is 2. The molecular formula is C15H19Cl2N3O. The highest BCUT2D eigenvalue weighted by Gasteiger charge is 2.36. The largest absolute Gasteiger partial charge is 0.322 e. The number of piperazine rings is 1. The van der Waals surface area contributed by atoms with Crippen molar-refractivity contribution in [2.75, 3.05) is 25.0 Å². The molecule has 114 valence electrons. The molecule has 6 heteroatoms. The first-order valence-corrected chi connectivity index (χ1v) is 8.07. The van der Waals surface area contributed by atoms with Gasteiger partial charge in [0.15, 0.2) is 0 Å². The summed E-state index contributed by atoms with van der Waals surface area (Å²) < 4.78 is 0. The number of benzene rings is 1. The Morgan fingerprint density at radius 2 is 2.14 bits per heavy atom. The Bertz CT molecular complexity index is 552. The highest BCUT2D eigenvalue weighted by molar-refractivity contribution is 6.36. The second-order valence-electron chi connectivity index (χ2n) is 5.85. The molecule has 2 saturated heterocycles. The minimum atomic E-state index is -0.0849. The topological polar surface area (TPSA) is 35.6 Å². The van der Waals surface area contributed by atoms with Crippen LogP contribution in [0.1, 0.15) is 19.8 Å². The number of nitrogens with one attached hydrogen (secondary N) is 1. The number of fused-ring (bicyclic) bond motifs is 1. The molecule has 0 saturated carbocycles. The number of rotatable bonds is 1. The summed E-state index contributed by atoms with van der Waals surface area (Å²) in [4.78, 5) is 16.9. The minimum absolute atomic E-state index is 0.0849. The number of halogens is 2. The molecule has 1 aromatic rings. The van der Waals surface area contributed by atoms with Gasteiger partial charge in [0.05, 0.1) is 10.7 Å². The zero-order valence-electron chi connectivity index (χ0n) is 12.0. The number of hydrogen-bond donors (Lipinski definition) is 1. The van der Waals surface area contributed by atoms with E-state index in [-0.39, 0.29) is 12.1 Å². The molecule has 1 aromatic carbocycles. The predicted octanol–water partition coefficient (Wildman–Crippen LogP) is 3.69. The lowest BCUT2D eigenvalue weighted by molar-refractivity contribution is 0.0861. The van der Waals surface area contributed by atoms with Crippen LogP contribution in [0.5, 0.6) is 0 Å². The first-order chi connectivity index (χ1) is 10.0. The first kappa shape index (κ1) is 14.9. The molecule has 0 spiro atoms. The Morgan fingerprint density at radius 3 is 2.90 bits per heavy atom. The summed E-state index contributed by atoms with van der Waals surface area (Å²) in [5, 5.41) is 3.92. The Morgan fingerprint density at radius 1 is 1.33 bits per heavy atom. The van der Waals surface area contributed by atoms with Crippen molar-refractivity contribution in [2.45, 2.75) is 31.8 Å². The summed E-state index contributed by atoms with van der Waals surface area (Å²) in [6, 6.07) is 5.73. The van der Waals surface area contributed by atoms with Gasteiger partial charge in [-0.3, -0.25) is 4.90 Å². The van der Waals surface area contributed by atoms with Crippen LogP contribution in [0.3, 0.4) is 0 Å². The van der Waals surface area contributed by atoms with Gasteiger partial charge in [-0.15, -0.1) is 0 Å². The predicted molar refractivity (Wildman–Crippen MR) is 86.2 cm³/mol. The van der Waals surface area contributed by atoms with Crippen LogP contribution in [0.2, 0.25) is 10.0 Å². The van der Waals surface area contributed by atoms with E-state index in [1.807, 2.05) is 4.90 Å². The van der Waals surface area contributed by atoms with Crippen LogP contribution in [0, 0.1) is 0 Å². The fourth-order valence-corrected chi connectivity index (χ4v) is 3.70. The Balaban J connectivity index is 1.69. The molecule has 2 atom stereocenters. The molecule has 0 aliphatic carbocycles. The smallest absolute Gasteiger partial charge is 0.319 e. The SMILES string of the molecule is C[C@H]1CN2CCC[C@H]2CN1C(=O)Nc1ccc(Cl)cc1Cl. The summed E-state index contributed by atoms with van der Waals surface area (Å²) in [5.41, 5.74) is 0.604. The van der Waals surface area contributed by atoms with Crippen LogP contribution < -0.4 is 5.32 Å². The maximum atomic E-state index is 12.5. The monoisotopic (exact) mass is 327 g/mol. The van der Waals surface area contributed by atoms with Gasteiger partial charge in [-0.2, -0.15) is 0 Å². The van der Waals surface area contributed by atoms with Gasteiger partial charge in [0.25, 0.3) is 0 Å². The third kappa shape index (κ3) is 3.12. The number of amides is 2. The van der Waals surface area contributed by atoms with Crippen LogP contribution in [0.15, 0.2) is 18.2 Å². The Labute approximate surface area is 135 Å². The van der Waals surface area contributed by atoms with E-state index in [1.54, 1.807) is 18.2 Å². The molecule has 0 radical (unpaired) electrons. The Hall–Kier alpha value is -0.970. The lowest BCUT2D eigenvalue weighted by Crippen LogP contribution is -2.57. The molecule has 0 bridgehead atoms. The van der Waals surface area contributed by atoms with Crippen LogP contribution in [0.25, 0.3) is 0 Å². The molecule has 1 N–H and O–H groups in total. The lowest BCUT2D eigenvalue weighted by atomic mass is 10.1. The van der Waals surface area contributed by atoms with Gasteiger partial charge < -0.3 is 10.2 Å². The molecule has 21 heavy (non-hydrogen) atoms. The third-order valence-corrected chi connectivity index (χ3v) is 4.92. The number of hydrogen-bond acceptors (Lipinski definition) is 2. The zero-order valence-corrected chi connectivity index (χ0v) is 13.5. The number of anilines is 1. The average Bonchev–Trinajstić information content (AvgIpc) is 2.88. The maximum absolute atomic E-state index is 12.5. The van der Waals surface area contributed by atoms with Crippen molar-refractivity contribution >= 4 is 34.9 Å². The van der Waals surface area contributed by atoms with Crippen LogP contribution in [-0.2, 0) is 0 Å². The Kier molecular flexibility index (Phi) is 4.29. The summed E-state index contributed by atoms with van der Waals surface area (Å²) in [6.07, 6.45) is 2.41. The molecular weight excluding hydrogens is 309 g/mol. The van der Waals surface area contributed by atoms with Gasteiger partial charge in [-0.05, 0) is 44.5 Å². The number of urea groups is 1. The van der Waals surface area contributed by atoms with Crippen molar-refractivity contribution in [2.24, 2.45) is 0 Å². The highest BCUT2D eigenvalue weighted by atomic mass is 35.5. The number of carbonyl (C=O) groups is 1. The van der Waals surface area contributed by atoms with Gasteiger partial charge in [-0.1, -0.05) is 23.2 Å². The van der Waals surface area contributed by atoms with Crippen LogP contribution in [-0.4, -0.2) is 47.5 Å². The van der Waals surface area contributed by atoms with Crippen molar-refractivity contribution < 1.29 is 4.79 Å². The first-order valence-electron chi connectivity index (χ1n) is 7.31. The normalized spacial score (nSPS) is 25.8. The van der Waals surface area contributed by atoms with E-state index in [4.69, 9.17) is 23.2 Å². The van der Waals surface area contributed by atoms with Crippen molar-refractivity contribution in [3.8, 4) is 0 Å². The van der Waals surface area contributed by atoms with Crippen molar-refractivity contribution in [1.82, 2.24) is 9.80 Å². The fourth-order valence-electron chi connectivity index (χ4n) is 3.25. The van der Waals surface area contributed by atoms with Crippen molar-refractivity contribution in [3.63, 3.8) is 0 Å². The second kappa shape index (κ2) is 6.03. The van der Waals surface area contributed by atoms with Crippen LogP contribution in [0.4, 0.5) is 10.5 Å². The van der Waals surface area contributed by atoms with E-state index in [0.29, 0.717) is 21.8 Å². The van der Waals surface area contributed by atoms with Gasteiger partial charge in [0, 0.05) is 30.2 Å². The third-order valence-electron chi connectivity index (χ3n) is 4.37. The maximum Gasteiger partial charge on any atom is 0.322 e. The van der Waals surface area contributed by atoms with Gasteiger partial charge in [0.1, 0.15) is 0 Å². The molecule has 2 aliphatic rings. The molecule has 2 fully saturated rings. The van der Waals surface area contributed by atoms with Gasteiger partial charge in [0.2, 0.25) is 0 Å². The summed E-state index contributed by atoms with van der Waals surface area (Å²) in [5.74, 6) is 0. The molecule has 2 heterocycles. The van der Waals surface area contributed by atoms with Crippen LogP contribution >= 0.6 is 23.2 Å². The van der Waals surface area contributed by atoms with Crippen molar-refractivity contribution in [1.29, 1.82) is 0 Å². The molecule has 3 rings (SSSR count). The second-order valence-corrected chi connectivity index (χ2v) is 6.69. The minimum Gasteiger partial charge on any atom is -0.319 e. The van der Waals surface area contributed by atoms with E-state index in [0.717, 1.165) is 19.6 Å². The quantitative estimate of drug-likeness (QED) is 0.853. The molecule has 0 aromatic heterocycles. The number of carbonyl (C=O) groups excluding carboxylic acids is 1. The summed E-state index contributed by atoms with van der Waals surface area (Å²) >= 11 is 12.0. The molecule has 2 aliphatic heterocycles. The van der Waals surface area contributed by atoms with Crippen molar-refractivity contribution in [3.05, 3.63) is 28.2 Å². The lowest BCUT2D eigenvalue weighted by Gasteiger charge is -2.42. The molecule has 4 nitrogen and oxygen atoms in total. The van der Waals surface area contributed by atoms with Gasteiger partial charge in [-0.25, -0.2) is 4.79 Å². The van der Waals surface area contributed by atoms with E-state index < -0.39 is 0 Å². The highest BCUT2D eigenvalue weighted by Crippen LogP contribution is 2.28. The fraction of sp³-hybridized carbons (Fsp3) is 0.533. The van der Waals surface area contributed by atoms with Gasteiger partial charge >= 0.3 is 6.03 Å². The standard InChI is InChI=1S/C15H19Cl2N3O/c1-10-8-19-6-2-3-12(19)9-20(10)15(21)18-14-5-4-11(16)7-13(14)17/h4-5,7,10,12H,2-3,6,8-9H2,1H3,(H,18,21)/t10-,12-/m0/s1.